The summed E-state index contributed by atoms with van der Waals surface area (Å²) >= 11 is 5.99. The van der Waals surface area contributed by atoms with E-state index in [4.69, 9.17) is 11.6 Å². The van der Waals surface area contributed by atoms with E-state index in [9.17, 15) is 5.11 Å². The SMILES string of the molecule is CC(NCC#Cc1ccc(-c2ccccc2)cc1)c1cc(Cl)ccc1O. The van der Waals surface area contributed by atoms with Crippen molar-refractivity contribution in [3.63, 3.8) is 0 Å². The topological polar surface area (TPSA) is 32.3 Å². The van der Waals surface area contributed by atoms with E-state index in [1.165, 1.54) is 11.1 Å². The van der Waals surface area contributed by atoms with Gasteiger partial charge in [-0.1, -0.05) is 65.9 Å². The average molecular weight is 362 g/mol. The fourth-order valence-corrected chi connectivity index (χ4v) is 2.89. The van der Waals surface area contributed by atoms with E-state index in [1.54, 1.807) is 18.2 Å². The van der Waals surface area contributed by atoms with Crippen LogP contribution in [-0.4, -0.2) is 11.7 Å². The minimum atomic E-state index is -0.0385. The lowest BCUT2D eigenvalue weighted by Crippen LogP contribution is -2.18. The van der Waals surface area contributed by atoms with Crippen molar-refractivity contribution in [1.82, 2.24) is 5.32 Å². The van der Waals surface area contributed by atoms with Crippen molar-refractivity contribution in [2.75, 3.05) is 6.54 Å². The van der Waals surface area contributed by atoms with Crippen LogP contribution in [0.2, 0.25) is 5.02 Å². The molecule has 0 aliphatic rings. The molecule has 3 aromatic rings. The molecule has 0 fully saturated rings. The lowest BCUT2D eigenvalue weighted by molar-refractivity contribution is 0.456. The molecule has 0 amide bonds. The molecule has 2 N–H and O–H groups in total. The second-order valence-corrected chi connectivity index (χ2v) is 6.49. The third-order valence-corrected chi connectivity index (χ3v) is 4.41. The van der Waals surface area contributed by atoms with Crippen LogP contribution in [0, 0.1) is 11.8 Å². The van der Waals surface area contributed by atoms with Gasteiger partial charge in [-0.15, -0.1) is 0 Å². The van der Waals surface area contributed by atoms with Crippen LogP contribution in [0.3, 0.4) is 0 Å². The van der Waals surface area contributed by atoms with Crippen LogP contribution >= 0.6 is 11.6 Å². The van der Waals surface area contributed by atoms with Gasteiger partial charge in [-0.05, 0) is 48.4 Å². The maximum absolute atomic E-state index is 9.93. The smallest absolute Gasteiger partial charge is 0.120 e. The van der Waals surface area contributed by atoms with E-state index in [1.807, 2.05) is 37.3 Å². The molecule has 0 aromatic heterocycles. The molecule has 0 saturated heterocycles. The highest BCUT2D eigenvalue weighted by atomic mass is 35.5. The maximum atomic E-state index is 9.93. The molecule has 2 nitrogen and oxygen atoms in total. The summed E-state index contributed by atoms with van der Waals surface area (Å²) in [6.45, 7) is 2.50. The van der Waals surface area contributed by atoms with Gasteiger partial charge in [0.1, 0.15) is 5.75 Å². The highest BCUT2D eigenvalue weighted by Gasteiger charge is 2.09. The number of benzene rings is 3. The van der Waals surface area contributed by atoms with Crippen molar-refractivity contribution >= 4 is 11.6 Å². The number of hydrogen-bond acceptors (Lipinski definition) is 2. The van der Waals surface area contributed by atoms with E-state index in [2.05, 4.69) is 41.4 Å². The number of aromatic hydroxyl groups is 1. The fraction of sp³-hybridized carbons (Fsp3) is 0.130. The van der Waals surface area contributed by atoms with Crippen LogP contribution in [-0.2, 0) is 0 Å². The minimum absolute atomic E-state index is 0.0385. The molecule has 0 aliphatic carbocycles. The number of nitrogens with one attached hydrogen (secondary N) is 1. The summed E-state index contributed by atoms with van der Waals surface area (Å²) < 4.78 is 0. The van der Waals surface area contributed by atoms with Crippen molar-refractivity contribution in [2.45, 2.75) is 13.0 Å². The first kappa shape index (κ1) is 18.1. The summed E-state index contributed by atoms with van der Waals surface area (Å²) in [5, 5.41) is 13.8. The van der Waals surface area contributed by atoms with Gasteiger partial charge in [-0.2, -0.15) is 0 Å². The van der Waals surface area contributed by atoms with E-state index in [0.29, 0.717) is 11.6 Å². The zero-order valence-corrected chi connectivity index (χ0v) is 15.3. The summed E-state index contributed by atoms with van der Waals surface area (Å²) in [7, 11) is 0. The third-order valence-electron chi connectivity index (χ3n) is 4.18. The molecule has 0 spiro atoms. The molecule has 0 heterocycles. The van der Waals surface area contributed by atoms with Crippen LogP contribution in [0.5, 0.6) is 5.75 Å². The summed E-state index contributed by atoms with van der Waals surface area (Å²) in [5.74, 6) is 6.51. The third kappa shape index (κ3) is 4.67. The Bertz CT molecular complexity index is 924. The molecule has 26 heavy (non-hydrogen) atoms. The zero-order chi connectivity index (χ0) is 18.4. The Balaban J connectivity index is 1.59. The quantitative estimate of drug-likeness (QED) is 0.608. The van der Waals surface area contributed by atoms with Gasteiger partial charge >= 0.3 is 0 Å². The first-order valence-corrected chi connectivity index (χ1v) is 8.87. The second kappa shape index (κ2) is 8.58. The molecule has 3 aromatic carbocycles. The minimum Gasteiger partial charge on any atom is -0.508 e. The molecule has 3 heteroatoms. The van der Waals surface area contributed by atoms with Gasteiger partial charge in [-0.3, -0.25) is 5.32 Å². The van der Waals surface area contributed by atoms with Crippen molar-refractivity contribution in [1.29, 1.82) is 0 Å². The molecule has 1 unspecified atom stereocenters. The van der Waals surface area contributed by atoms with Gasteiger partial charge in [0.2, 0.25) is 0 Å². The average Bonchev–Trinajstić information content (AvgIpc) is 2.68. The summed E-state index contributed by atoms with van der Waals surface area (Å²) in [6.07, 6.45) is 0. The van der Waals surface area contributed by atoms with Gasteiger partial charge in [0.15, 0.2) is 0 Å². The van der Waals surface area contributed by atoms with Crippen molar-refractivity contribution in [3.8, 4) is 28.7 Å². The van der Waals surface area contributed by atoms with Gasteiger partial charge in [0, 0.05) is 22.2 Å². The van der Waals surface area contributed by atoms with Crippen LogP contribution in [0.4, 0.5) is 0 Å². The Hall–Kier alpha value is -2.73. The van der Waals surface area contributed by atoms with E-state index >= 15 is 0 Å². The second-order valence-electron chi connectivity index (χ2n) is 6.05. The molecule has 3 rings (SSSR count). The maximum Gasteiger partial charge on any atom is 0.120 e. The number of hydrogen-bond donors (Lipinski definition) is 2. The Morgan fingerprint density at radius 2 is 1.65 bits per heavy atom. The predicted octanol–water partition coefficient (Wildman–Crippen LogP) is 5.41. The fourth-order valence-electron chi connectivity index (χ4n) is 2.71. The van der Waals surface area contributed by atoms with E-state index in [-0.39, 0.29) is 11.8 Å². The Morgan fingerprint density at radius 1 is 0.962 bits per heavy atom. The Morgan fingerprint density at radius 3 is 2.38 bits per heavy atom. The van der Waals surface area contributed by atoms with Gasteiger partial charge in [0.05, 0.1) is 6.54 Å². The van der Waals surface area contributed by atoms with Gasteiger partial charge in [-0.25, -0.2) is 0 Å². The van der Waals surface area contributed by atoms with E-state index < -0.39 is 0 Å². The molecular formula is C23H20ClNO. The highest BCUT2D eigenvalue weighted by molar-refractivity contribution is 6.30. The van der Waals surface area contributed by atoms with Crippen LogP contribution in [0.15, 0.2) is 72.8 Å². The van der Waals surface area contributed by atoms with Crippen molar-refractivity contribution < 1.29 is 5.11 Å². The lowest BCUT2D eigenvalue weighted by Gasteiger charge is -2.14. The van der Waals surface area contributed by atoms with Crippen molar-refractivity contribution in [2.24, 2.45) is 0 Å². The first-order chi connectivity index (χ1) is 12.6. The zero-order valence-electron chi connectivity index (χ0n) is 14.5. The van der Waals surface area contributed by atoms with Gasteiger partial charge < -0.3 is 5.11 Å². The van der Waals surface area contributed by atoms with Crippen LogP contribution in [0.1, 0.15) is 24.1 Å². The Labute approximate surface area is 159 Å². The number of rotatable bonds is 4. The monoisotopic (exact) mass is 361 g/mol. The summed E-state index contributed by atoms with van der Waals surface area (Å²) in [4.78, 5) is 0. The first-order valence-electron chi connectivity index (χ1n) is 8.49. The predicted molar refractivity (Wildman–Crippen MR) is 108 cm³/mol. The lowest BCUT2D eigenvalue weighted by atomic mass is 10.0. The molecule has 0 radical (unpaired) electrons. The normalized spacial score (nSPS) is 11.5. The molecule has 0 saturated carbocycles. The standard InChI is InChI=1S/C23H20ClNO/c1-17(22-16-21(24)13-14-23(22)26)25-15-5-6-18-9-11-20(12-10-18)19-7-3-2-4-8-19/h2-4,7-14,16-17,25-26H,15H2,1H3. The number of phenols is 1. The summed E-state index contributed by atoms with van der Waals surface area (Å²) in [5.41, 5.74) is 4.12. The molecule has 0 bridgehead atoms. The molecule has 0 aliphatic heterocycles. The highest BCUT2D eigenvalue weighted by Crippen LogP contribution is 2.26. The van der Waals surface area contributed by atoms with E-state index in [0.717, 1.165) is 11.1 Å². The number of phenolic OH excluding ortho intramolecular Hbond substituents is 1. The molecular weight excluding hydrogens is 342 g/mol. The Kier molecular flexibility index (Phi) is 5.96. The van der Waals surface area contributed by atoms with Crippen LogP contribution < -0.4 is 5.32 Å². The number of halogens is 1. The molecule has 1 atom stereocenters. The van der Waals surface area contributed by atoms with Crippen molar-refractivity contribution in [3.05, 3.63) is 88.9 Å². The van der Waals surface area contributed by atoms with Crippen LogP contribution in [0.25, 0.3) is 11.1 Å². The van der Waals surface area contributed by atoms with Gasteiger partial charge in [0.25, 0.3) is 0 Å². The molecule has 130 valence electrons. The largest absolute Gasteiger partial charge is 0.508 e. The summed E-state index contributed by atoms with van der Waals surface area (Å²) in [6, 6.07) is 23.5.